The molecule has 9 heteroatoms. The minimum Gasteiger partial charge on any atom is -0.446 e. The molecular formula is C19H21F2N5O2. The van der Waals surface area contributed by atoms with Crippen LogP contribution >= 0.6 is 0 Å². The smallest absolute Gasteiger partial charge is 0.262 e. The van der Waals surface area contributed by atoms with Crippen LogP contribution in [-0.2, 0) is 0 Å². The van der Waals surface area contributed by atoms with E-state index in [1.165, 1.54) is 6.20 Å². The zero-order chi connectivity index (χ0) is 19.5. The average Bonchev–Trinajstić information content (AvgIpc) is 3.21. The monoisotopic (exact) mass is 389 g/mol. The van der Waals surface area contributed by atoms with E-state index in [4.69, 9.17) is 9.40 Å². The van der Waals surface area contributed by atoms with Crippen LogP contribution in [0.3, 0.4) is 0 Å². The number of oxazole rings is 1. The van der Waals surface area contributed by atoms with E-state index in [0.717, 1.165) is 18.6 Å². The summed E-state index contributed by atoms with van der Waals surface area (Å²) in [6, 6.07) is -0.161. The Kier molecular flexibility index (Phi) is 3.89. The first-order chi connectivity index (χ1) is 13.4. The van der Waals surface area contributed by atoms with Crippen molar-refractivity contribution in [2.75, 3.05) is 0 Å². The van der Waals surface area contributed by atoms with Crippen molar-refractivity contribution in [1.29, 1.82) is 0 Å². The Labute approximate surface area is 159 Å². The van der Waals surface area contributed by atoms with Gasteiger partial charge < -0.3 is 9.40 Å². The Morgan fingerprint density at radius 2 is 1.93 bits per heavy atom. The number of aromatic amines is 1. The second-order valence-electron chi connectivity index (χ2n) is 7.96. The van der Waals surface area contributed by atoms with Gasteiger partial charge in [-0.05, 0) is 32.6 Å². The van der Waals surface area contributed by atoms with Gasteiger partial charge in [0.25, 0.3) is 5.56 Å². The molecule has 28 heavy (non-hydrogen) atoms. The maximum absolute atomic E-state index is 13.5. The highest BCUT2D eigenvalue weighted by Gasteiger charge is 2.39. The molecule has 0 amide bonds. The van der Waals surface area contributed by atoms with E-state index in [1.807, 2.05) is 6.92 Å². The molecule has 3 aromatic rings. The van der Waals surface area contributed by atoms with Crippen molar-refractivity contribution in [2.24, 2.45) is 0 Å². The van der Waals surface area contributed by atoms with Gasteiger partial charge in [-0.1, -0.05) is 0 Å². The molecule has 0 saturated heterocycles. The molecule has 0 radical (unpaired) electrons. The molecule has 2 aliphatic rings. The SMILES string of the molecule is Cc1cnc([C@@H]2CC[C@@H]2c2nc3c(cnn3C3CCC(F)(F)CC3)c(=O)[nH]2)o1. The minimum absolute atomic E-state index is 0.0224. The number of hydrogen-bond acceptors (Lipinski definition) is 5. The van der Waals surface area contributed by atoms with E-state index in [9.17, 15) is 13.6 Å². The van der Waals surface area contributed by atoms with Crippen LogP contribution in [0.4, 0.5) is 8.78 Å². The third kappa shape index (κ3) is 2.84. The number of aryl methyl sites for hydroxylation is 1. The average molecular weight is 389 g/mol. The van der Waals surface area contributed by atoms with Crippen molar-refractivity contribution < 1.29 is 13.2 Å². The van der Waals surface area contributed by atoms with Gasteiger partial charge in [-0.3, -0.25) is 4.79 Å². The zero-order valence-electron chi connectivity index (χ0n) is 15.5. The number of H-pyrrole nitrogens is 1. The van der Waals surface area contributed by atoms with E-state index in [2.05, 4.69) is 15.1 Å². The number of rotatable bonds is 3. The first kappa shape index (κ1) is 17.5. The Morgan fingerprint density at radius 3 is 2.57 bits per heavy atom. The zero-order valence-corrected chi connectivity index (χ0v) is 15.5. The fraction of sp³-hybridized carbons (Fsp3) is 0.579. The molecule has 0 aliphatic heterocycles. The second-order valence-corrected chi connectivity index (χ2v) is 7.96. The maximum Gasteiger partial charge on any atom is 0.262 e. The molecule has 2 atom stereocenters. The summed E-state index contributed by atoms with van der Waals surface area (Å²) >= 11 is 0. The van der Waals surface area contributed by atoms with Crippen molar-refractivity contribution in [2.45, 2.75) is 69.2 Å². The van der Waals surface area contributed by atoms with Crippen LogP contribution in [-0.4, -0.2) is 30.7 Å². The standard InChI is InChI=1S/C19H21F2N5O2/c1-10-8-22-18(28-10)13-3-2-12(13)15-24-16-14(17(27)25-15)9-23-26(16)11-4-6-19(20,21)7-5-11/h8-9,11-13H,2-7H2,1H3,(H,24,25,27)/t12-,13+/m0/s1. The van der Waals surface area contributed by atoms with Crippen LogP contribution in [0.1, 0.15) is 73.9 Å². The van der Waals surface area contributed by atoms with E-state index in [1.54, 1.807) is 10.9 Å². The van der Waals surface area contributed by atoms with Crippen molar-refractivity contribution >= 4 is 11.0 Å². The Hall–Kier alpha value is -2.58. The first-order valence-corrected chi connectivity index (χ1v) is 9.69. The van der Waals surface area contributed by atoms with Crippen LogP contribution in [0.25, 0.3) is 11.0 Å². The van der Waals surface area contributed by atoms with Crippen molar-refractivity contribution in [3.05, 3.63) is 40.2 Å². The van der Waals surface area contributed by atoms with Gasteiger partial charge in [0, 0.05) is 24.7 Å². The molecule has 3 heterocycles. The Balaban J connectivity index is 1.49. The number of hydrogen-bond donors (Lipinski definition) is 1. The normalized spacial score (nSPS) is 25.1. The summed E-state index contributed by atoms with van der Waals surface area (Å²) in [5.74, 6) is -0.493. The van der Waals surface area contributed by atoms with E-state index >= 15 is 0 Å². The number of nitrogens with one attached hydrogen (secondary N) is 1. The summed E-state index contributed by atoms with van der Waals surface area (Å²) in [5, 5.41) is 4.70. The number of nitrogens with zero attached hydrogens (tertiary/aromatic N) is 4. The highest BCUT2D eigenvalue weighted by molar-refractivity contribution is 5.73. The summed E-state index contributed by atoms with van der Waals surface area (Å²) in [4.78, 5) is 24.5. The molecule has 5 rings (SSSR count). The van der Waals surface area contributed by atoms with E-state index < -0.39 is 5.92 Å². The van der Waals surface area contributed by atoms with Crippen LogP contribution in [0.2, 0.25) is 0 Å². The number of halogens is 2. The van der Waals surface area contributed by atoms with Gasteiger partial charge in [0.05, 0.1) is 18.4 Å². The molecule has 2 fully saturated rings. The fourth-order valence-corrected chi connectivity index (χ4v) is 4.33. The lowest BCUT2D eigenvalue weighted by molar-refractivity contribution is -0.0446. The quantitative estimate of drug-likeness (QED) is 0.735. The molecule has 0 aromatic carbocycles. The lowest BCUT2D eigenvalue weighted by Crippen LogP contribution is -2.28. The maximum atomic E-state index is 13.5. The lowest BCUT2D eigenvalue weighted by atomic mass is 9.73. The minimum atomic E-state index is -2.61. The third-order valence-electron chi connectivity index (χ3n) is 6.10. The molecule has 3 aromatic heterocycles. The highest BCUT2D eigenvalue weighted by atomic mass is 19.3. The Morgan fingerprint density at radius 1 is 1.18 bits per heavy atom. The molecule has 2 saturated carbocycles. The number of aromatic nitrogens is 5. The first-order valence-electron chi connectivity index (χ1n) is 9.69. The summed E-state index contributed by atoms with van der Waals surface area (Å²) in [5.41, 5.74) is 0.227. The lowest BCUT2D eigenvalue weighted by Gasteiger charge is -2.33. The van der Waals surface area contributed by atoms with E-state index in [-0.39, 0.29) is 36.3 Å². The highest BCUT2D eigenvalue weighted by Crippen LogP contribution is 2.47. The molecule has 0 spiro atoms. The predicted molar refractivity (Wildman–Crippen MR) is 96.6 cm³/mol. The topological polar surface area (TPSA) is 89.6 Å². The predicted octanol–water partition coefficient (Wildman–Crippen LogP) is 3.83. The van der Waals surface area contributed by atoms with Gasteiger partial charge in [-0.2, -0.15) is 5.10 Å². The molecule has 7 nitrogen and oxygen atoms in total. The summed E-state index contributed by atoms with van der Waals surface area (Å²) in [7, 11) is 0. The number of fused-ring (bicyclic) bond motifs is 1. The summed E-state index contributed by atoms with van der Waals surface area (Å²) < 4.78 is 34.3. The van der Waals surface area contributed by atoms with Crippen LogP contribution in [0.5, 0.6) is 0 Å². The molecular weight excluding hydrogens is 368 g/mol. The largest absolute Gasteiger partial charge is 0.446 e. The molecule has 1 N–H and O–H groups in total. The van der Waals surface area contributed by atoms with Crippen molar-refractivity contribution in [3.8, 4) is 0 Å². The van der Waals surface area contributed by atoms with Crippen LogP contribution < -0.4 is 5.56 Å². The fourth-order valence-electron chi connectivity index (χ4n) is 4.33. The van der Waals surface area contributed by atoms with Gasteiger partial charge >= 0.3 is 0 Å². The van der Waals surface area contributed by atoms with E-state index in [0.29, 0.717) is 35.6 Å². The second kappa shape index (κ2) is 6.22. The van der Waals surface area contributed by atoms with Crippen molar-refractivity contribution in [3.63, 3.8) is 0 Å². The molecule has 0 bridgehead atoms. The summed E-state index contributed by atoms with van der Waals surface area (Å²) in [6.07, 6.45) is 5.30. The molecule has 2 aliphatic carbocycles. The van der Waals surface area contributed by atoms with Gasteiger partial charge in [0.15, 0.2) is 11.5 Å². The summed E-state index contributed by atoms with van der Waals surface area (Å²) in [6.45, 7) is 1.85. The number of alkyl halides is 2. The van der Waals surface area contributed by atoms with Gasteiger partial charge in [-0.15, -0.1) is 0 Å². The molecule has 0 unspecified atom stereocenters. The Bertz CT molecular complexity index is 1080. The molecule has 148 valence electrons. The van der Waals surface area contributed by atoms with Crippen LogP contribution in [0, 0.1) is 6.92 Å². The van der Waals surface area contributed by atoms with Gasteiger partial charge in [0.2, 0.25) is 5.92 Å². The third-order valence-corrected chi connectivity index (χ3v) is 6.10. The van der Waals surface area contributed by atoms with Crippen LogP contribution in [0.15, 0.2) is 21.6 Å². The van der Waals surface area contributed by atoms with Gasteiger partial charge in [0.1, 0.15) is 17.0 Å². The van der Waals surface area contributed by atoms with Gasteiger partial charge in [-0.25, -0.2) is 23.4 Å². The van der Waals surface area contributed by atoms with Crippen molar-refractivity contribution in [1.82, 2.24) is 24.7 Å².